The molecule has 0 N–H and O–H groups in total. The predicted octanol–water partition coefficient (Wildman–Crippen LogP) is 5.43. The van der Waals surface area contributed by atoms with E-state index in [1.807, 2.05) is 0 Å². The van der Waals surface area contributed by atoms with Gasteiger partial charge in [-0.05, 0) is 10.8 Å². The molecule has 1 aliphatic rings. The van der Waals surface area contributed by atoms with Crippen molar-refractivity contribution in [2.75, 3.05) is 0 Å². The average molecular weight is 713 g/mol. The third-order valence-electron chi connectivity index (χ3n) is 7.99. The van der Waals surface area contributed by atoms with Gasteiger partial charge in [-0.15, -0.1) is 46.2 Å². The van der Waals surface area contributed by atoms with E-state index in [0.29, 0.717) is 0 Å². The molecule has 0 saturated carbocycles. The number of allylic oxidation sites excluding steroid dienone is 4. The Hall–Kier alpha value is -2.44. The fourth-order valence-electron chi connectivity index (χ4n) is 5.05. The molecule has 5 aromatic rings. The Morgan fingerprint density at radius 3 is 1.31 bits per heavy atom. The zero-order valence-corrected chi connectivity index (χ0v) is 32.2. The first kappa shape index (κ1) is 38.7. The van der Waals surface area contributed by atoms with Gasteiger partial charge in [0.25, 0.3) is 0 Å². The van der Waals surface area contributed by atoms with E-state index in [2.05, 4.69) is 172 Å². The molecule has 0 radical (unpaired) electrons. The molecule has 0 aliphatic heterocycles. The minimum absolute atomic E-state index is 0. The third-order valence-corrected chi connectivity index (χ3v) is 9.41. The summed E-state index contributed by atoms with van der Waals surface area (Å²) >= 11 is 1.46. The van der Waals surface area contributed by atoms with Crippen molar-refractivity contribution < 1.29 is 49.0 Å². The summed E-state index contributed by atoms with van der Waals surface area (Å²) in [6.07, 6.45) is 8.33. The van der Waals surface area contributed by atoms with Gasteiger partial charge in [-0.3, -0.25) is 6.08 Å². The molecule has 0 heterocycles. The van der Waals surface area contributed by atoms with Gasteiger partial charge < -0.3 is 24.8 Å². The average Bonchev–Trinajstić information content (AvgIpc) is 3.59. The van der Waals surface area contributed by atoms with Crippen LogP contribution in [0.2, 0.25) is 0 Å². The van der Waals surface area contributed by atoms with Gasteiger partial charge in [-0.2, -0.15) is 6.08 Å². The summed E-state index contributed by atoms with van der Waals surface area (Å²) in [5.74, 6) is 0. The molecule has 1 aliphatic carbocycles. The molecule has 0 saturated heterocycles. The maximum atomic E-state index is 3.12. The third kappa shape index (κ3) is 10.5. The maximum absolute atomic E-state index is 3.12. The molecule has 0 nitrogen and oxygen atoms in total. The molecule has 234 valence electrons. The van der Waals surface area contributed by atoms with Crippen molar-refractivity contribution in [1.29, 1.82) is 0 Å². The van der Waals surface area contributed by atoms with Gasteiger partial charge in [0.1, 0.15) is 0 Å². The SMILES string of the molecule is CC(C)(C)c1ccc2[cH-]c3ccc(C(C)(C)C)cc3c2c1.CC1=[C-]CC=C1.Cc1ccc([C](=[Zr+2])c2ccc(C)cc2)cc1.[Cl-].[Cl-]. The number of hydrogen-bond donors (Lipinski definition) is 0. The van der Waals surface area contributed by atoms with E-state index in [1.54, 1.807) is 0 Å². The Labute approximate surface area is 299 Å². The molecule has 6 rings (SSSR count). The summed E-state index contributed by atoms with van der Waals surface area (Å²) in [5.41, 5.74) is 9.79. The van der Waals surface area contributed by atoms with E-state index in [-0.39, 0.29) is 35.6 Å². The summed E-state index contributed by atoms with van der Waals surface area (Å²) in [5, 5.41) is 5.49. The second-order valence-electron chi connectivity index (χ2n) is 13.8. The Morgan fingerprint density at radius 1 is 0.622 bits per heavy atom. The van der Waals surface area contributed by atoms with Crippen LogP contribution in [-0.4, -0.2) is 3.21 Å². The summed E-state index contributed by atoms with van der Waals surface area (Å²) in [7, 11) is 0. The van der Waals surface area contributed by atoms with Gasteiger partial charge >= 0.3 is 112 Å². The molecule has 0 fully saturated rings. The van der Waals surface area contributed by atoms with E-state index in [1.165, 1.54) is 87.9 Å². The Balaban J connectivity index is 0.000000260. The monoisotopic (exact) mass is 710 g/mol. The van der Waals surface area contributed by atoms with Crippen molar-refractivity contribution >= 4 is 24.8 Å². The minimum atomic E-state index is 0. The topological polar surface area (TPSA) is 0 Å². The van der Waals surface area contributed by atoms with Crippen LogP contribution in [0.3, 0.4) is 0 Å². The van der Waals surface area contributed by atoms with Gasteiger partial charge in [0.05, 0.1) is 0 Å². The normalized spacial score (nSPS) is 12.3. The van der Waals surface area contributed by atoms with Crippen LogP contribution in [0.1, 0.15) is 88.3 Å². The fraction of sp³-hybridized carbons (Fsp3) is 0.286. The molecule has 0 amide bonds. The van der Waals surface area contributed by atoms with Gasteiger partial charge in [-0.1, -0.05) is 83.9 Å². The van der Waals surface area contributed by atoms with Crippen LogP contribution < -0.4 is 24.8 Å². The minimum Gasteiger partial charge on any atom is -1.00 e. The number of hydrogen-bond acceptors (Lipinski definition) is 0. The number of benzene rings is 4. The summed E-state index contributed by atoms with van der Waals surface area (Å²) in [6.45, 7) is 20.0. The van der Waals surface area contributed by atoms with Crippen LogP contribution >= 0.6 is 0 Å². The zero-order valence-electron chi connectivity index (χ0n) is 28.3. The van der Waals surface area contributed by atoms with Crippen molar-refractivity contribution in [1.82, 2.24) is 0 Å². The van der Waals surface area contributed by atoms with E-state index in [0.717, 1.165) is 6.42 Å². The van der Waals surface area contributed by atoms with Crippen LogP contribution in [0.15, 0.2) is 109 Å². The molecule has 45 heavy (non-hydrogen) atoms. The van der Waals surface area contributed by atoms with E-state index in [4.69, 9.17) is 0 Å². The number of rotatable bonds is 2. The van der Waals surface area contributed by atoms with E-state index >= 15 is 0 Å². The number of aryl methyl sites for hydroxylation is 2. The molecule has 3 heteroatoms. The Kier molecular flexibility index (Phi) is 14.1. The number of halogens is 2. The molecule has 0 unspecified atom stereocenters. The Morgan fingerprint density at radius 2 is 1.02 bits per heavy atom. The first-order valence-electron chi connectivity index (χ1n) is 15.3. The molecule has 0 aromatic heterocycles. The largest absolute Gasteiger partial charge is 1.00 e. The second-order valence-corrected chi connectivity index (χ2v) is 15.1. The molecule has 5 aromatic carbocycles. The van der Waals surface area contributed by atoms with Gasteiger partial charge in [-0.25, -0.2) is 11.6 Å². The van der Waals surface area contributed by atoms with Gasteiger partial charge in [0, 0.05) is 0 Å². The molecular weight excluding hydrogens is 667 g/mol. The Bertz CT molecular complexity index is 1650. The first-order chi connectivity index (χ1) is 20.2. The van der Waals surface area contributed by atoms with Crippen LogP contribution in [0.25, 0.3) is 21.5 Å². The van der Waals surface area contributed by atoms with Gasteiger partial charge in [0.15, 0.2) is 0 Å². The zero-order chi connectivity index (χ0) is 31.4. The van der Waals surface area contributed by atoms with E-state index < -0.39 is 0 Å². The maximum Gasteiger partial charge on any atom is -1.00 e. The van der Waals surface area contributed by atoms with Crippen LogP contribution in [0.4, 0.5) is 0 Å². The van der Waals surface area contributed by atoms with Crippen molar-refractivity contribution in [2.24, 2.45) is 0 Å². The van der Waals surface area contributed by atoms with Gasteiger partial charge in [0.2, 0.25) is 0 Å². The van der Waals surface area contributed by atoms with Crippen molar-refractivity contribution in [3.05, 3.63) is 148 Å². The summed E-state index contributed by atoms with van der Waals surface area (Å²) in [6, 6.07) is 33.7. The second kappa shape index (κ2) is 16.4. The molecule has 0 bridgehead atoms. The van der Waals surface area contributed by atoms with Crippen LogP contribution in [0, 0.1) is 19.9 Å². The van der Waals surface area contributed by atoms with Crippen molar-refractivity contribution in [3.63, 3.8) is 0 Å². The molecule has 0 atom stereocenters. The van der Waals surface area contributed by atoms with Crippen LogP contribution in [0.5, 0.6) is 0 Å². The smallest absolute Gasteiger partial charge is 1.00 e. The summed E-state index contributed by atoms with van der Waals surface area (Å²) < 4.78 is 1.42. The summed E-state index contributed by atoms with van der Waals surface area (Å²) in [4.78, 5) is 0. The first-order valence-corrected chi connectivity index (χ1v) is 16.6. The molecule has 0 spiro atoms. The quantitative estimate of drug-likeness (QED) is 0.215. The van der Waals surface area contributed by atoms with Crippen molar-refractivity contribution in [2.45, 2.75) is 79.6 Å². The van der Waals surface area contributed by atoms with Crippen molar-refractivity contribution in [3.8, 4) is 0 Å². The van der Waals surface area contributed by atoms with Crippen LogP contribution in [-0.2, 0) is 35.1 Å². The molecular formula is C42H46Cl2Zr-2. The predicted molar refractivity (Wildman–Crippen MR) is 186 cm³/mol. The standard InChI is InChI=1S/C21H25.C15H14.C6H7.2ClH.Zr/c1-20(2,3)16-9-7-14-11-15-8-10-17(21(4,5)6)13-19(15)18(14)12-16;1-12-3-7-14(8-4-12)11-15-9-5-13(2)6-10-15;1-6-4-2-3-5-6;;;/h7-13H,1-6H3;3-10H,1-2H3;2,4H,3H2,1H3;2*1H;/q-1;;-1;;;+2/p-2. The fourth-order valence-corrected chi connectivity index (χ4v) is 5.87. The van der Waals surface area contributed by atoms with E-state index in [9.17, 15) is 0 Å². The number of fused-ring (bicyclic) bond motifs is 3.